The molecule has 1 aromatic rings. The van der Waals surface area contributed by atoms with Gasteiger partial charge in [-0.2, -0.15) is 0 Å². The molecule has 0 atom stereocenters. The predicted octanol–water partition coefficient (Wildman–Crippen LogP) is 2.07. The Kier molecular flexibility index (Phi) is 4.24. The maximum absolute atomic E-state index is 10.6. The van der Waals surface area contributed by atoms with Crippen LogP contribution in [0.15, 0.2) is 24.3 Å². The first-order valence-electron chi connectivity index (χ1n) is 4.44. The van der Waals surface area contributed by atoms with Gasteiger partial charge in [0.2, 0.25) is 0 Å². The molecule has 0 amide bonds. The first-order valence-corrected chi connectivity index (χ1v) is 4.85. The van der Waals surface area contributed by atoms with Crippen molar-refractivity contribution in [2.75, 3.05) is 7.11 Å². The molecule has 0 bridgehead atoms. The molecule has 0 aliphatic heterocycles. The SMILES string of the molecule is COC(=S)c1ccc(COC(C)=O)cc1. The zero-order valence-electron chi connectivity index (χ0n) is 8.65. The van der Waals surface area contributed by atoms with E-state index in [0.29, 0.717) is 5.05 Å². The summed E-state index contributed by atoms with van der Waals surface area (Å²) in [6.07, 6.45) is 0. The molecule has 1 rings (SSSR count). The number of thiocarbonyl (C=S) groups is 1. The Morgan fingerprint density at radius 1 is 1.33 bits per heavy atom. The van der Waals surface area contributed by atoms with Crippen LogP contribution in [-0.4, -0.2) is 18.1 Å². The van der Waals surface area contributed by atoms with E-state index >= 15 is 0 Å². The Balaban J connectivity index is 2.64. The third-order valence-electron chi connectivity index (χ3n) is 1.82. The third kappa shape index (κ3) is 3.67. The summed E-state index contributed by atoms with van der Waals surface area (Å²) in [6.45, 7) is 1.67. The molecule has 0 N–H and O–H groups in total. The summed E-state index contributed by atoms with van der Waals surface area (Å²) in [7, 11) is 1.54. The van der Waals surface area contributed by atoms with Crippen molar-refractivity contribution in [2.45, 2.75) is 13.5 Å². The van der Waals surface area contributed by atoms with E-state index in [9.17, 15) is 4.79 Å². The summed E-state index contributed by atoms with van der Waals surface area (Å²) in [4.78, 5) is 10.6. The highest BCUT2D eigenvalue weighted by atomic mass is 32.1. The van der Waals surface area contributed by atoms with Crippen molar-refractivity contribution in [3.05, 3.63) is 35.4 Å². The number of ether oxygens (including phenoxy) is 2. The van der Waals surface area contributed by atoms with Gasteiger partial charge >= 0.3 is 5.97 Å². The number of esters is 1. The summed E-state index contributed by atoms with van der Waals surface area (Å²) in [5, 5.41) is 0.453. The molecule has 0 saturated carbocycles. The fourth-order valence-electron chi connectivity index (χ4n) is 1.04. The van der Waals surface area contributed by atoms with Crippen LogP contribution in [-0.2, 0) is 20.9 Å². The van der Waals surface area contributed by atoms with E-state index in [2.05, 4.69) is 0 Å². The number of carbonyl (C=O) groups is 1. The normalized spacial score (nSPS) is 9.47. The van der Waals surface area contributed by atoms with E-state index in [1.807, 2.05) is 24.3 Å². The summed E-state index contributed by atoms with van der Waals surface area (Å²) in [5.41, 5.74) is 1.77. The molecular formula is C11H12O3S. The highest BCUT2D eigenvalue weighted by Crippen LogP contribution is 2.07. The minimum Gasteiger partial charge on any atom is -0.486 e. The van der Waals surface area contributed by atoms with E-state index in [0.717, 1.165) is 11.1 Å². The van der Waals surface area contributed by atoms with Crippen molar-refractivity contribution in [1.82, 2.24) is 0 Å². The summed E-state index contributed by atoms with van der Waals surface area (Å²) in [6, 6.07) is 7.38. The Morgan fingerprint density at radius 2 is 1.93 bits per heavy atom. The molecule has 0 fully saturated rings. The molecule has 1 aromatic carbocycles. The van der Waals surface area contributed by atoms with Gasteiger partial charge in [0, 0.05) is 12.5 Å². The number of methoxy groups -OCH3 is 1. The second-order valence-electron chi connectivity index (χ2n) is 2.97. The standard InChI is InChI=1S/C11H12O3S/c1-8(12)14-7-9-3-5-10(6-4-9)11(15)13-2/h3-6H,7H2,1-2H3. The van der Waals surface area contributed by atoms with Gasteiger partial charge in [-0.3, -0.25) is 4.79 Å². The van der Waals surface area contributed by atoms with Crippen LogP contribution in [0, 0.1) is 0 Å². The molecule has 0 aliphatic carbocycles. The minimum atomic E-state index is -0.286. The van der Waals surface area contributed by atoms with Crippen LogP contribution in [0.1, 0.15) is 18.1 Å². The molecule has 15 heavy (non-hydrogen) atoms. The molecule has 4 heteroatoms. The third-order valence-corrected chi connectivity index (χ3v) is 2.22. The lowest BCUT2D eigenvalue weighted by Gasteiger charge is -2.04. The Hall–Kier alpha value is -1.42. The van der Waals surface area contributed by atoms with Gasteiger partial charge in [0.1, 0.15) is 6.61 Å². The van der Waals surface area contributed by atoms with E-state index < -0.39 is 0 Å². The van der Waals surface area contributed by atoms with Gasteiger partial charge in [-0.1, -0.05) is 12.1 Å². The van der Waals surface area contributed by atoms with Gasteiger partial charge in [-0.15, -0.1) is 0 Å². The van der Waals surface area contributed by atoms with Gasteiger partial charge in [-0.25, -0.2) is 0 Å². The molecule has 0 aromatic heterocycles. The zero-order valence-corrected chi connectivity index (χ0v) is 9.47. The molecule has 0 saturated heterocycles. The first kappa shape index (κ1) is 11.7. The number of rotatable bonds is 3. The van der Waals surface area contributed by atoms with Gasteiger partial charge in [0.25, 0.3) is 0 Å². The highest BCUT2D eigenvalue weighted by Gasteiger charge is 2.01. The van der Waals surface area contributed by atoms with Gasteiger partial charge in [0.15, 0.2) is 5.05 Å². The topological polar surface area (TPSA) is 35.5 Å². The smallest absolute Gasteiger partial charge is 0.302 e. The lowest BCUT2D eigenvalue weighted by atomic mass is 10.1. The lowest BCUT2D eigenvalue weighted by Crippen LogP contribution is -2.01. The van der Waals surface area contributed by atoms with E-state index in [1.54, 1.807) is 0 Å². The molecule has 0 spiro atoms. The van der Waals surface area contributed by atoms with Crippen LogP contribution in [0.3, 0.4) is 0 Å². The van der Waals surface area contributed by atoms with Crippen molar-refractivity contribution in [3.63, 3.8) is 0 Å². The highest BCUT2D eigenvalue weighted by molar-refractivity contribution is 7.80. The first-order chi connectivity index (χ1) is 7.13. The zero-order chi connectivity index (χ0) is 11.3. The van der Waals surface area contributed by atoms with Gasteiger partial charge < -0.3 is 9.47 Å². The second-order valence-corrected chi connectivity index (χ2v) is 3.34. The molecular weight excluding hydrogens is 212 g/mol. The average molecular weight is 224 g/mol. The number of hydrogen-bond donors (Lipinski definition) is 0. The maximum Gasteiger partial charge on any atom is 0.302 e. The fraction of sp³-hybridized carbons (Fsp3) is 0.273. The van der Waals surface area contributed by atoms with Crippen LogP contribution in [0.5, 0.6) is 0 Å². The molecule has 0 unspecified atom stereocenters. The Morgan fingerprint density at radius 3 is 2.40 bits per heavy atom. The molecule has 0 radical (unpaired) electrons. The monoisotopic (exact) mass is 224 g/mol. The number of benzene rings is 1. The summed E-state index contributed by atoms with van der Waals surface area (Å²) in [5.74, 6) is -0.286. The van der Waals surface area contributed by atoms with E-state index in [4.69, 9.17) is 21.7 Å². The molecule has 80 valence electrons. The van der Waals surface area contributed by atoms with Gasteiger partial charge in [-0.05, 0) is 29.9 Å². The summed E-state index contributed by atoms with van der Waals surface area (Å²) < 4.78 is 9.77. The minimum absolute atomic E-state index is 0.286. The van der Waals surface area contributed by atoms with Crippen LogP contribution in [0.25, 0.3) is 0 Å². The molecule has 0 aliphatic rings. The number of hydrogen-bond acceptors (Lipinski definition) is 4. The van der Waals surface area contributed by atoms with Crippen LogP contribution >= 0.6 is 12.2 Å². The van der Waals surface area contributed by atoms with Crippen molar-refractivity contribution >= 4 is 23.2 Å². The fourth-order valence-corrected chi connectivity index (χ4v) is 1.18. The Labute approximate surface area is 94.0 Å². The largest absolute Gasteiger partial charge is 0.486 e. The molecule has 0 heterocycles. The van der Waals surface area contributed by atoms with Crippen LogP contribution in [0.4, 0.5) is 0 Å². The van der Waals surface area contributed by atoms with E-state index in [-0.39, 0.29) is 12.6 Å². The lowest BCUT2D eigenvalue weighted by molar-refractivity contribution is -0.142. The Bertz CT molecular complexity index is 357. The number of carbonyl (C=O) groups excluding carboxylic acids is 1. The predicted molar refractivity (Wildman–Crippen MR) is 60.6 cm³/mol. The maximum atomic E-state index is 10.6. The van der Waals surface area contributed by atoms with Crippen molar-refractivity contribution in [3.8, 4) is 0 Å². The quantitative estimate of drug-likeness (QED) is 0.581. The van der Waals surface area contributed by atoms with Crippen molar-refractivity contribution < 1.29 is 14.3 Å². The van der Waals surface area contributed by atoms with Crippen molar-refractivity contribution in [1.29, 1.82) is 0 Å². The second kappa shape index (κ2) is 5.46. The van der Waals surface area contributed by atoms with Gasteiger partial charge in [0.05, 0.1) is 7.11 Å². The van der Waals surface area contributed by atoms with Crippen LogP contribution < -0.4 is 0 Å². The van der Waals surface area contributed by atoms with Crippen LogP contribution in [0.2, 0.25) is 0 Å². The summed E-state index contributed by atoms with van der Waals surface area (Å²) >= 11 is 4.96. The van der Waals surface area contributed by atoms with Crippen molar-refractivity contribution in [2.24, 2.45) is 0 Å². The molecule has 3 nitrogen and oxygen atoms in total. The average Bonchev–Trinajstić information content (AvgIpc) is 2.26. The van der Waals surface area contributed by atoms with E-state index in [1.165, 1.54) is 14.0 Å².